The van der Waals surface area contributed by atoms with Gasteiger partial charge in [0, 0.05) is 18.0 Å². The molecule has 16 heavy (non-hydrogen) atoms. The Hall–Kier alpha value is -0.540. The first kappa shape index (κ1) is 11.9. The van der Waals surface area contributed by atoms with Crippen LogP contribution in [0.25, 0.3) is 0 Å². The van der Waals surface area contributed by atoms with Crippen molar-refractivity contribution >= 4 is 12.6 Å². The molecule has 3 heteroatoms. The third-order valence-electron chi connectivity index (χ3n) is 3.18. The monoisotopic (exact) mass is 239 g/mol. The average molecular weight is 239 g/mol. The molecule has 0 aliphatic carbocycles. The van der Waals surface area contributed by atoms with Crippen LogP contribution in [0, 0.1) is 11.7 Å². The highest BCUT2D eigenvalue weighted by Crippen LogP contribution is 2.21. The zero-order valence-electron chi connectivity index (χ0n) is 9.62. The lowest BCUT2D eigenvalue weighted by molar-refractivity contribution is 0.175. The number of likely N-dealkylation sites (tertiary alicyclic amines) is 1. The lowest BCUT2D eigenvalue weighted by Crippen LogP contribution is -2.33. The second-order valence-electron chi connectivity index (χ2n) is 4.76. The zero-order valence-corrected chi connectivity index (χ0v) is 10.5. The molecule has 1 aliphatic heterocycles. The molecule has 1 saturated heterocycles. The number of thiol groups is 1. The first-order chi connectivity index (χ1) is 7.65. The Morgan fingerprint density at radius 1 is 1.50 bits per heavy atom. The number of rotatable bonds is 2. The van der Waals surface area contributed by atoms with Crippen molar-refractivity contribution in [3.8, 4) is 0 Å². The molecule has 0 unspecified atom stereocenters. The third-order valence-corrected chi connectivity index (χ3v) is 3.61. The summed E-state index contributed by atoms with van der Waals surface area (Å²) >= 11 is 4.37. The van der Waals surface area contributed by atoms with Gasteiger partial charge >= 0.3 is 0 Å². The predicted molar refractivity (Wildman–Crippen MR) is 67.3 cm³/mol. The second-order valence-corrected chi connectivity index (χ2v) is 5.24. The number of nitrogens with zero attached hydrogens (tertiary/aromatic N) is 1. The molecule has 0 aromatic heterocycles. The first-order valence-corrected chi connectivity index (χ1v) is 6.29. The van der Waals surface area contributed by atoms with Crippen molar-refractivity contribution < 1.29 is 4.39 Å². The van der Waals surface area contributed by atoms with Crippen LogP contribution in [-0.2, 0) is 6.54 Å². The molecule has 1 atom stereocenters. The normalized spacial score (nSPS) is 22.3. The molecule has 1 aliphatic rings. The summed E-state index contributed by atoms with van der Waals surface area (Å²) < 4.78 is 13.1. The van der Waals surface area contributed by atoms with Crippen LogP contribution >= 0.6 is 12.6 Å². The minimum absolute atomic E-state index is 0.169. The molecular formula is C13H18FNS. The maximum absolute atomic E-state index is 13.1. The first-order valence-electron chi connectivity index (χ1n) is 5.85. The van der Waals surface area contributed by atoms with Gasteiger partial charge in [-0.25, -0.2) is 4.39 Å². The summed E-state index contributed by atoms with van der Waals surface area (Å²) in [5.74, 6) is 0.587. The van der Waals surface area contributed by atoms with Gasteiger partial charge in [-0.05, 0) is 49.1 Å². The van der Waals surface area contributed by atoms with E-state index in [4.69, 9.17) is 0 Å². The Morgan fingerprint density at radius 2 is 2.31 bits per heavy atom. The van der Waals surface area contributed by atoms with Crippen molar-refractivity contribution in [3.63, 3.8) is 0 Å². The van der Waals surface area contributed by atoms with Gasteiger partial charge in [-0.15, -0.1) is 12.6 Å². The molecule has 1 nitrogen and oxygen atoms in total. The van der Waals surface area contributed by atoms with Crippen LogP contribution in [0.5, 0.6) is 0 Å². The number of hydrogen-bond acceptors (Lipinski definition) is 2. The summed E-state index contributed by atoms with van der Waals surface area (Å²) in [6, 6.07) is 4.80. The van der Waals surface area contributed by atoms with Gasteiger partial charge in [-0.3, -0.25) is 4.90 Å². The van der Waals surface area contributed by atoms with Crippen LogP contribution in [0.3, 0.4) is 0 Å². The Labute approximate surface area is 102 Å². The Kier molecular flexibility index (Phi) is 3.87. The molecule has 2 rings (SSSR count). The molecule has 0 bridgehead atoms. The summed E-state index contributed by atoms with van der Waals surface area (Å²) in [7, 11) is 0. The van der Waals surface area contributed by atoms with Crippen LogP contribution in [0.4, 0.5) is 4.39 Å². The maximum atomic E-state index is 13.1. The summed E-state index contributed by atoms with van der Waals surface area (Å²) in [5, 5.41) is 0. The van der Waals surface area contributed by atoms with Gasteiger partial charge in [0.15, 0.2) is 0 Å². The van der Waals surface area contributed by atoms with E-state index >= 15 is 0 Å². The molecule has 1 fully saturated rings. The standard InChI is InChI=1S/C13H18FNS/c1-10-3-2-6-15(8-10)9-11-7-12(14)4-5-13(11)16/h4-5,7,10,16H,2-3,6,8-9H2,1H3/t10-/m0/s1. The Bertz CT molecular complexity index is 367. The summed E-state index contributed by atoms with van der Waals surface area (Å²) in [6.07, 6.45) is 2.56. The van der Waals surface area contributed by atoms with E-state index in [-0.39, 0.29) is 5.82 Å². The van der Waals surface area contributed by atoms with Gasteiger partial charge in [0.2, 0.25) is 0 Å². The van der Waals surface area contributed by atoms with Crippen molar-refractivity contribution in [3.05, 3.63) is 29.6 Å². The van der Waals surface area contributed by atoms with Crippen molar-refractivity contribution in [1.29, 1.82) is 0 Å². The molecule has 0 spiro atoms. The van der Waals surface area contributed by atoms with Gasteiger partial charge in [0.25, 0.3) is 0 Å². The predicted octanol–water partition coefficient (Wildman–Crippen LogP) is 3.35. The average Bonchev–Trinajstić information content (AvgIpc) is 2.24. The fourth-order valence-corrected chi connectivity index (χ4v) is 2.56. The highest BCUT2D eigenvalue weighted by Gasteiger charge is 2.17. The second kappa shape index (κ2) is 5.19. The molecular weight excluding hydrogens is 221 g/mol. The van der Waals surface area contributed by atoms with Gasteiger partial charge in [0.1, 0.15) is 5.82 Å². The van der Waals surface area contributed by atoms with Crippen LogP contribution < -0.4 is 0 Å². The Balaban J connectivity index is 2.05. The molecule has 0 amide bonds. The van der Waals surface area contributed by atoms with Crippen LogP contribution in [0.15, 0.2) is 23.1 Å². The van der Waals surface area contributed by atoms with Gasteiger partial charge < -0.3 is 0 Å². The molecule has 0 radical (unpaired) electrons. The van der Waals surface area contributed by atoms with Crippen molar-refractivity contribution in [2.24, 2.45) is 5.92 Å². The number of benzene rings is 1. The fraction of sp³-hybridized carbons (Fsp3) is 0.538. The highest BCUT2D eigenvalue weighted by molar-refractivity contribution is 7.80. The molecule has 88 valence electrons. The largest absolute Gasteiger partial charge is 0.299 e. The van der Waals surface area contributed by atoms with E-state index in [1.165, 1.54) is 18.9 Å². The number of piperidine rings is 1. The lowest BCUT2D eigenvalue weighted by atomic mass is 10.00. The van der Waals surface area contributed by atoms with Gasteiger partial charge in [-0.2, -0.15) is 0 Å². The van der Waals surface area contributed by atoms with Gasteiger partial charge in [0.05, 0.1) is 0 Å². The number of halogens is 1. The van der Waals surface area contributed by atoms with Gasteiger partial charge in [-0.1, -0.05) is 6.92 Å². The molecule has 1 aromatic carbocycles. The third kappa shape index (κ3) is 2.98. The summed E-state index contributed by atoms with van der Waals surface area (Å²) in [6.45, 7) is 5.33. The molecule has 1 aromatic rings. The number of hydrogen-bond donors (Lipinski definition) is 1. The minimum Gasteiger partial charge on any atom is -0.299 e. The topological polar surface area (TPSA) is 3.24 Å². The van der Waals surface area contributed by atoms with Crippen molar-refractivity contribution in [2.45, 2.75) is 31.2 Å². The van der Waals surface area contributed by atoms with E-state index < -0.39 is 0 Å². The van der Waals surface area contributed by atoms with E-state index in [0.717, 1.165) is 36.0 Å². The molecule has 0 saturated carbocycles. The molecule has 1 heterocycles. The highest BCUT2D eigenvalue weighted by atomic mass is 32.1. The van der Waals surface area contributed by atoms with Crippen molar-refractivity contribution in [1.82, 2.24) is 4.90 Å². The lowest BCUT2D eigenvalue weighted by Gasteiger charge is -2.31. The molecule has 0 N–H and O–H groups in total. The van der Waals surface area contributed by atoms with E-state index in [1.807, 2.05) is 0 Å². The minimum atomic E-state index is -0.169. The Morgan fingerprint density at radius 3 is 3.06 bits per heavy atom. The van der Waals surface area contributed by atoms with E-state index in [2.05, 4.69) is 24.5 Å². The zero-order chi connectivity index (χ0) is 11.5. The maximum Gasteiger partial charge on any atom is 0.123 e. The van der Waals surface area contributed by atoms with Crippen LogP contribution in [-0.4, -0.2) is 18.0 Å². The van der Waals surface area contributed by atoms with E-state index in [0.29, 0.717) is 0 Å². The quantitative estimate of drug-likeness (QED) is 0.775. The fourth-order valence-electron chi connectivity index (χ4n) is 2.35. The SMILES string of the molecule is C[C@H]1CCCN(Cc2cc(F)ccc2S)C1. The smallest absolute Gasteiger partial charge is 0.123 e. The summed E-state index contributed by atoms with van der Waals surface area (Å²) in [5.41, 5.74) is 0.998. The van der Waals surface area contributed by atoms with E-state index in [9.17, 15) is 4.39 Å². The van der Waals surface area contributed by atoms with Crippen LogP contribution in [0.1, 0.15) is 25.3 Å². The van der Waals surface area contributed by atoms with E-state index in [1.54, 1.807) is 12.1 Å². The summed E-state index contributed by atoms with van der Waals surface area (Å²) in [4.78, 5) is 3.28. The van der Waals surface area contributed by atoms with Crippen LogP contribution in [0.2, 0.25) is 0 Å². The van der Waals surface area contributed by atoms with Crippen molar-refractivity contribution in [2.75, 3.05) is 13.1 Å².